The summed E-state index contributed by atoms with van der Waals surface area (Å²) in [5.74, 6) is 0.0335. The van der Waals surface area contributed by atoms with Crippen LogP contribution in [0.2, 0.25) is 0 Å². The summed E-state index contributed by atoms with van der Waals surface area (Å²) >= 11 is 0. The summed E-state index contributed by atoms with van der Waals surface area (Å²) in [6, 6.07) is 13.3. The highest BCUT2D eigenvalue weighted by Gasteiger charge is 2.38. The summed E-state index contributed by atoms with van der Waals surface area (Å²) in [5.41, 5.74) is 3.51. The molecule has 1 saturated carbocycles. The number of aryl methyl sites for hydroxylation is 2. The number of aromatic nitrogens is 2. The van der Waals surface area contributed by atoms with Crippen LogP contribution in [0.3, 0.4) is 0 Å². The Morgan fingerprint density at radius 2 is 1.66 bits per heavy atom. The second-order valence-electron chi connectivity index (χ2n) is 13.4. The number of nitrogens with one attached hydrogen (secondary N) is 1. The van der Waals surface area contributed by atoms with E-state index in [1.54, 1.807) is 25.1 Å². The van der Waals surface area contributed by atoms with Gasteiger partial charge in [0, 0.05) is 29.2 Å². The van der Waals surface area contributed by atoms with E-state index in [9.17, 15) is 18.0 Å². The number of hydrogen-bond acceptors (Lipinski definition) is 7. The maximum Gasteiger partial charge on any atom is 0.264 e. The van der Waals surface area contributed by atoms with Gasteiger partial charge in [0.15, 0.2) is 0 Å². The van der Waals surface area contributed by atoms with Gasteiger partial charge in [-0.05, 0) is 87.6 Å². The van der Waals surface area contributed by atoms with Crippen LogP contribution in [0, 0.1) is 25.2 Å². The first-order valence-electron chi connectivity index (χ1n) is 15.3. The van der Waals surface area contributed by atoms with E-state index in [0.717, 1.165) is 16.7 Å². The van der Waals surface area contributed by atoms with Crippen LogP contribution in [0.15, 0.2) is 53.4 Å². The van der Waals surface area contributed by atoms with E-state index in [1.807, 2.05) is 36.9 Å². The highest BCUT2D eigenvalue weighted by molar-refractivity contribution is 7.92. The van der Waals surface area contributed by atoms with Crippen LogP contribution in [0.25, 0.3) is 11.3 Å². The number of carbonyl (C=O) groups is 2. The van der Waals surface area contributed by atoms with Gasteiger partial charge in [0.1, 0.15) is 12.4 Å². The standard InChI is InChI=1S/C34H42N4O5S/c1-21-9-7-10-22(2)31(21)29-18-30-36-33(35-29)37-44(41,42)28-12-8-11-25(17-28)32(40)38(27(20-43-30)19-34(4,5)6)26-15-13-24(14-16-26)23(3)39/h7-12,17-18,24,26-27H,13-16,19-20H2,1-6H3,(H,35,36,37)/t24?,26?,27-/m1/s1. The minimum Gasteiger partial charge on any atom is -0.475 e. The molecule has 5 rings (SSSR count). The average molecular weight is 619 g/mol. The smallest absolute Gasteiger partial charge is 0.264 e. The monoisotopic (exact) mass is 618 g/mol. The van der Waals surface area contributed by atoms with Crippen molar-refractivity contribution in [2.45, 2.75) is 90.6 Å². The third-order valence-electron chi connectivity index (χ3n) is 8.62. The molecule has 9 nitrogen and oxygen atoms in total. The molecule has 234 valence electrons. The molecule has 0 saturated heterocycles. The molecule has 1 aliphatic heterocycles. The second kappa shape index (κ2) is 12.3. The van der Waals surface area contributed by atoms with E-state index >= 15 is 0 Å². The van der Waals surface area contributed by atoms with E-state index in [0.29, 0.717) is 37.8 Å². The van der Waals surface area contributed by atoms with Crippen LogP contribution in [0.5, 0.6) is 5.88 Å². The number of sulfonamides is 1. The van der Waals surface area contributed by atoms with E-state index in [1.165, 1.54) is 12.1 Å². The van der Waals surface area contributed by atoms with Gasteiger partial charge in [-0.15, -0.1) is 0 Å². The summed E-state index contributed by atoms with van der Waals surface area (Å²) in [4.78, 5) is 37.4. The number of anilines is 1. The third kappa shape index (κ3) is 6.96. The van der Waals surface area contributed by atoms with Gasteiger partial charge in [0.25, 0.3) is 15.9 Å². The molecule has 1 fully saturated rings. The minimum atomic E-state index is -4.14. The zero-order chi connectivity index (χ0) is 31.8. The first kappa shape index (κ1) is 31.6. The largest absolute Gasteiger partial charge is 0.475 e. The molecule has 1 amide bonds. The van der Waals surface area contributed by atoms with Crippen LogP contribution >= 0.6 is 0 Å². The maximum absolute atomic E-state index is 14.4. The summed E-state index contributed by atoms with van der Waals surface area (Å²) < 4.78 is 36.1. The van der Waals surface area contributed by atoms with Crippen molar-refractivity contribution >= 4 is 27.7 Å². The van der Waals surface area contributed by atoms with Crippen molar-refractivity contribution in [2.75, 3.05) is 11.3 Å². The fraction of sp³-hybridized carbons (Fsp3) is 0.471. The number of Topliss-reactive ketones (excluding diaryl/α,β-unsaturated/α-hetero) is 1. The molecule has 44 heavy (non-hydrogen) atoms. The molecule has 4 bridgehead atoms. The van der Waals surface area contributed by atoms with Crippen molar-refractivity contribution in [1.82, 2.24) is 14.9 Å². The van der Waals surface area contributed by atoms with Gasteiger partial charge in [-0.25, -0.2) is 18.1 Å². The number of ketones is 1. The van der Waals surface area contributed by atoms with Gasteiger partial charge in [-0.1, -0.05) is 45.0 Å². The van der Waals surface area contributed by atoms with Crippen molar-refractivity contribution in [3.8, 4) is 17.1 Å². The molecule has 3 aromatic rings. The Morgan fingerprint density at radius 3 is 2.30 bits per heavy atom. The molecule has 10 heteroatoms. The van der Waals surface area contributed by atoms with Crippen LogP contribution in [-0.4, -0.2) is 53.7 Å². The number of carbonyl (C=O) groups excluding carboxylic acids is 2. The Bertz CT molecular complexity index is 1650. The van der Waals surface area contributed by atoms with Gasteiger partial charge >= 0.3 is 0 Å². The molecule has 1 aromatic heterocycles. The van der Waals surface area contributed by atoms with Gasteiger partial charge in [-0.2, -0.15) is 4.98 Å². The second-order valence-corrected chi connectivity index (χ2v) is 15.1. The Labute approximate surface area is 260 Å². The number of ether oxygens (including phenoxy) is 1. The topological polar surface area (TPSA) is 119 Å². The summed E-state index contributed by atoms with van der Waals surface area (Å²) in [5, 5.41) is 0. The van der Waals surface area contributed by atoms with E-state index in [-0.39, 0.29) is 64.0 Å². The van der Waals surface area contributed by atoms with E-state index in [4.69, 9.17) is 4.74 Å². The van der Waals surface area contributed by atoms with Crippen LogP contribution < -0.4 is 9.46 Å². The van der Waals surface area contributed by atoms with Crippen molar-refractivity contribution in [3.63, 3.8) is 0 Å². The number of hydrogen-bond donors (Lipinski definition) is 1. The van der Waals surface area contributed by atoms with E-state index < -0.39 is 10.0 Å². The number of benzene rings is 2. The van der Waals surface area contributed by atoms with Crippen LogP contribution in [-0.2, 0) is 14.8 Å². The van der Waals surface area contributed by atoms with Crippen molar-refractivity contribution in [3.05, 3.63) is 65.2 Å². The molecule has 1 N–H and O–H groups in total. The normalized spacial score (nSPS) is 22.1. The van der Waals surface area contributed by atoms with Crippen LogP contribution in [0.1, 0.15) is 81.3 Å². The van der Waals surface area contributed by atoms with Crippen molar-refractivity contribution in [2.24, 2.45) is 11.3 Å². The van der Waals surface area contributed by atoms with E-state index in [2.05, 4.69) is 35.5 Å². The first-order valence-corrected chi connectivity index (χ1v) is 16.7. The molecule has 2 heterocycles. The lowest BCUT2D eigenvalue weighted by atomic mass is 9.81. The fourth-order valence-corrected chi connectivity index (χ4v) is 7.52. The Morgan fingerprint density at radius 1 is 1.00 bits per heavy atom. The summed E-state index contributed by atoms with van der Waals surface area (Å²) in [6.45, 7) is 12.1. The lowest BCUT2D eigenvalue weighted by molar-refractivity contribution is -0.122. The predicted octanol–water partition coefficient (Wildman–Crippen LogP) is 6.35. The van der Waals surface area contributed by atoms with Gasteiger partial charge in [-0.3, -0.25) is 9.59 Å². The molecule has 0 unspecified atom stereocenters. The van der Waals surface area contributed by atoms with Crippen molar-refractivity contribution < 1.29 is 22.7 Å². The highest BCUT2D eigenvalue weighted by Crippen LogP contribution is 2.35. The summed E-state index contributed by atoms with van der Waals surface area (Å²) in [6.07, 6.45) is 3.43. The fourth-order valence-electron chi connectivity index (χ4n) is 6.53. The van der Waals surface area contributed by atoms with Gasteiger partial charge in [0.05, 0.1) is 16.6 Å². The SMILES string of the molecule is CC(=O)C1CCC(N2C(=O)c3cccc(c3)S(=O)(=O)Nc3nc(cc(-c4c(C)cccc4C)n3)OC[C@H]2CC(C)(C)C)CC1. The molecule has 2 aromatic carbocycles. The molecule has 2 aliphatic rings. The zero-order valence-corrected chi connectivity index (χ0v) is 27.2. The first-order chi connectivity index (χ1) is 20.7. The van der Waals surface area contributed by atoms with Gasteiger partial charge < -0.3 is 9.64 Å². The maximum atomic E-state index is 14.4. The average Bonchev–Trinajstić information content (AvgIpc) is 2.95. The number of nitrogens with zero attached hydrogens (tertiary/aromatic N) is 3. The third-order valence-corrected chi connectivity index (χ3v) is 9.95. The number of rotatable bonds is 4. The van der Waals surface area contributed by atoms with Crippen LogP contribution in [0.4, 0.5) is 5.95 Å². The highest BCUT2D eigenvalue weighted by atomic mass is 32.2. The molecule has 0 radical (unpaired) electrons. The molecule has 0 spiro atoms. The molecular formula is C34H42N4O5S. The Kier molecular flexibility index (Phi) is 8.84. The molecule has 1 aliphatic carbocycles. The summed E-state index contributed by atoms with van der Waals surface area (Å²) in [7, 11) is -4.14. The lowest BCUT2D eigenvalue weighted by Crippen LogP contribution is -2.52. The van der Waals surface area contributed by atoms with Gasteiger partial charge in [0.2, 0.25) is 11.8 Å². The van der Waals surface area contributed by atoms with Crippen molar-refractivity contribution in [1.29, 1.82) is 0 Å². The Hall–Kier alpha value is -3.79. The number of fused-ring (bicyclic) bond motifs is 4. The Balaban J connectivity index is 1.65. The quantitative estimate of drug-likeness (QED) is 0.362. The number of amides is 1. The predicted molar refractivity (Wildman–Crippen MR) is 170 cm³/mol. The zero-order valence-electron chi connectivity index (χ0n) is 26.4. The lowest BCUT2D eigenvalue weighted by Gasteiger charge is -2.43. The minimum absolute atomic E-state index is 0.00284. The molecule has 1 atom stereocenters. The molecular weight excluding hydrogens is 576 g/mol.